The molecule has 1 heterocycles. The summed E-state index contributed by atoms with van der Waals surface area (Å²) in [5.74, 6) is 1.25. The second-order valence-electron chi connectivity index (χ2n) is 5.83. The molecule has 2 aromatic rings. The summed E-state index contributed by atoms with van der Waals surface area (Å²) in [6.07, 6.45) is 0. The number of aromatic nitrogens is 1. The first-order chi connectivity index (χ1) is 8.07. The number of hydrogen-bond donors (Lipinski definition) is 1. The van der Waals surface area contributed by atoms with Gasteiger partial charge < -0.3 is 10.3 Å². The maximum atomic E-state index is 5.87. The first kappa shape index (κ1) is 10.8. The molecule has 0 spiro atoms. The van der Waals surface area contributed by atoms with E-state index in [4.69, 9.17) is 5.73 Å². The molecule has 0 bridgehead atoms. The van der Waals surface area contributed by atoms with E-state index in [9.17, 15) is 0 Å². The molecular formula is C15H20N2. The van der Waals surface area contributed by atoms with Crippen molar-refractivity contribution < 1.29 is 0 Å². The summed E-state index contributed by atoms with van der Waals surface area (Å²) in [6.45, 7) is 5.44. The first-order valence-corrected chi connectivity index (χ1v) is 6.31. The van der Waals surface area contributed by atoms with Crippen LogP contribution in [0.1, 0.15) is 25.5 Å². The van der Waals surface area contributed by atoms with Crippen LogP contribution in [-0.4, -0.2) is 11.1 Å². The van der Waals surface area contributed by atoms with Crippen LogP contribution in [0, 0.1) is 11.3 Å². The van der Waals surface area contributed by atoms with Gasteiger partial charge in [-0.2, -0.15) is 0 Å². The van der Waals surface area contributed by atoms with Crippen molar-refractivity contribution in [2.45, 2.75) is 19.8 Å². The van der Waals surface area contributed by atoms with E-state index in [-0.39, 0.29) is 0 Å². The fourth-order valence-corrected chi connectivity index (χ4v) is 3.38. The molecule has 1 saturated carbocycles. The van der Waals surface area contributed by atoms with Gasteiger partial charge in [-0.05, 0) is 35.4 Å². The molecule has 1 aromatic heterocycles. The van der Waals surface area contributed by atoms with E-state index < -0.39 is 0 Å². The van der Waals surface area contributed by atoms with Crippen LogP contribution in [0.4, 0.5) is 0 Å². The number of para-hydroxylation sites is 1. The number of aryl methyl sites for hydroxylation is 1. The Morgan fingerprint density at radius 2 is 2.00 bits per heavy atom. The summed E-state index contributed by atoms with van der Waals surface area (Å²) in [4.78, 5) is 0. The molecule has 0 radical (unpaired) electrons. The van der Waals surface area contributed by atoms with Crippen LogP contribution in [0.3, 0.4) is 0 Å². The van der Waals surface area contributed by atoms with E-state index in [1.165, 1.54) is 16.6 Å². The fraction of sp³-hybridized carbons (Fsp3) is 0.467. The molecule has 2 N–H and O–H groups in total. The predicted octanol–water partition coefficient (Wildman–Crippen LogP) is 2.88. The van der Waals surface area contributed by atoms with Crippen LogP contribution in [0.15, 0.2) is 30.3 Å². The van der Waals surface area contributed by atoms with Crippen molar-refractivity contribution in [3.8, 4) is 0 Å². The highest BCUT2D eigenvalue weighted by Crippen LogP contribution is 2.64. The van der Waals surface area contributed by atoms with Crippen molar-refractivity contribution in [1.29, 1.82) is 0 Å². The fourth-order valence-electron chi connectivity index (χ4n) is 3.38. The normalized spacial score (nSPS) is 26.4. The Morgan fingerprint density at radius 1 is 1.29 bits per heavy atom. The first-order valence-electron chi connectivity index (χ1n) is 6.31. The van der Waals surface area contributed by atoms with Gasteiger partial charge in [-0.25, -0.2) is 0 Å². The zero-order chi connectivity index (χ0) is 12.2. The molecule has 0 saturated heterocycles. The summed E-state index contributed by atoms with van der Waals surface area (Å²) in [5.41, 5.74) is 8.99. The summed E-state index contributed by atoms with van der Waals surface area (Å²) in [5, 5.41) is 1.34. The van der Waals surface area contributed by atoms with Crippen LogP contribution in [0.2, 0.25) is 0 Å². The Balaban J connectivity index is 2.11. The molecule has 0 aliphatic heterocycles. The predicted molar refractivity (Wildman–Crippen MR) is 72.0 cm³/mol. The average Bonchev–Trinajstić information content (AvgIpc) is 2.70. The highest BCUT2D eigenvalue weighted by Gasteiger charge is 2.58. The van der Waals surface area contributed by atoms with Gasteiger partial charge in [0.1, 0.15) is 0 Å². The lowest BCUT2D eigenvalue weighted by Crippen LogP contribution is -2.05. The van der Waals surface area contributed by atoms with E-state index in [1.807, 2.05) is 0 Å². The lowest BCUT2D eigenvalue weighted by Gasteiger charge is -2.05. The number of hydrogen-bond acceptors (Lipinski definition) is 1. The number of fused-ring (bicyclic) bond motifs is 1. The second-order valence-corrected chi connectivity index (χ2v) is 5.83. The van der Waals surface area contributed by atoms with E-state index in [0.29, 0.717) is 17.3 Å². The Kier molecular flexibility index (Phi) is 2.14. The molecule has 90 valence electrons. The largest absolute Gasteiger partial charge is 0.347 e. The van der Waals surface area contributed by atoms with Gasteiger partial charge in [-0.3, -0.25) is 0 Å². The number of benzene rings is 1. The van der Waals surface area contributed by atoms with Gasteiger partial charge in [0.25, 0.3) is 0 Å². The molecule has 1 aromatic carbocycles. The van der Waals surface area contributed by atoms with Crippen LogP contribution in [0.5, 0.6) is 0 Å². The summed E-state index contributed by atoms with van der Waals surface area (Å²) in [6, 6.07) is 10.9. The molecule has 3 rings (SSSR count). The summed E-state index contributed by atoms with van der Waals surface area (Å²) >= 11 is 0. The molecule has 1 aliphatic carbocycles. The second kappa shape index (κ2) is 3.36. The van der Waals surface area contributed by atoms with Gasteiger partial charge >= 0.3 is 0 Å². The Morgan fingerprint density at radius 3 is 2.59 bits per heavy atom. The van der Waals surface area contributed by atoms with Gasteiger partial charge in [0.05, 0.1) is 0 Å². The number of nitrogens with two attached hydrogens (primary N) is 1. The van der Waals surface area contributed by atoms with Crippen LogP contribution in [-0.2, 0) is 7.05 Å². The lowest BCUT2D eigenvalue weighted by molar-refractivity contribution is 0.555. The van der Waals surface area contributed by atoms with Crippen LogP contribution in [0.25, 0.3) is 10.9 Å². The van der Waals surface area contributed by atoms with Crippen molar-refractivity contribution in [3.63, 3.8) is 0 Å². The molecule has 0 unspecified atom stereocenters. The monoisotopic (exact) mass is 228 g/mol. The minimum atomic E-state index is 0.358. The maximum absolute atomic E-state index is 5.87. The third-order valence-electron chi connectivity index (χ3n) is 4.61. The zero-order valence-electron chi connectivity index (χ0n) is 10.8. The molecule has 2 heteroatoms. The molecule has 1 aliphatic rings. The SMILES string of the molecule is Cn1c([C@@H]2[C@@H](CN)C2(C)C)cc2ccccc21. The highest BCUT2D eigenvalue weighted by molar-refractivity contribution is 5.81. The molecule has 2 nitrogen and oxygen atoms in total. The average molecular weight is 228 g/mol. The van der Waals surface area contributed by atoms with Crippen molar-refractivity contribution in [3.05, 3.63) is 36.0 Å². The summed E-state index contributed by atoms with van der Waals surface area (Å²) < 4.78 is 2.33. The Labute approximate surface area is 102 Å². The topological polar surface area (TPSA) is 30.9 Å². The lowest BCUT2D eigenvalue weighted by atomic mass is 10.1. The zero-order valence-corrected chi connectivity index (χ0v) is 10.8. The molecule has 17 heavy (non-hydrogen) atoms. The minimum absolute atomic E-state index is 0.358. The van der Waals surface area contributed by atoms with E-state index in [0.717, 1.165) is 6.54 Å². The van der Waals surface area contributed by atoms with Gasteiger partial charge in [-0.15, -0.1) is 0 Å². The number of rotatable bonds is 2. The van der Waals surface area contributed by atoms with E-state index in [1.54, 1.807) is 0 Å². The van der Waals surface area contributed by atoms with E-state index in [2.05, 4.69) is 55.8 Å². The number of nitrogens with zero attached hydrogens (tertiary/aromatic N) is 1. The molecule has 0 amide bonds. The third-order valence-corrected chi connectivity index (χ3v) is 4.61. The van der Waals surface area contributed by atoms with Crippen LogP contribution < -0.4 is 5.73 Å². The van der Waals surface area contributed by atoms with Gasteiger partial charge in [-0.1, -0.05) is 32.0 Å². The van der Waals surface area contributed by atoms with Crippen molar-refractivity contribution in [2.75, 3.05) is 6.54 Å². The van der Waals surface area contributed by atoms with Gasteiger partial charge in [0, 0.05) is 24.2 Å². The minimum Gasteiger partial charge on any atom is -0.347 e. The van der Waals surface area contributed by atoms with Crippen LogP contribution >= 0.6 is 0 Å². The molecule has 2 atom stereocenters. The van der Waals surface area contributed by atoms with Gasteiger partial charge in [0.15, 0.2) is 0 Å². The van der Waals surface area contributed by atoms with E-state index >= 15 is 0 Å². The quantitative estimate of drug-likeness (QED) is 0.842. The Bertz CT molecular complexity index is 565. The highest BCUT2D eigenvalue weighted by atomic mass is 15.0. The molecular weight excluding hydrogens is 208 g/mol. The smallest absolute Gasteiger partial charge is 0.0479 e. The van der Waals surface area contributed by atoms with Crippen molar-refractivity contribution in [2.24, 2.45) is 24.1 Å². The Hall–Kier alpha value is -1.28. The molecule has 1 fully saturated rings. The van der Waals surface area contributed by atoms with Gasteiger partial charge in [0.2, 0.25) is 0 Å². The maximum Gasteiger partial charge on any atom is 0.0479 e. The van der Waals surface area contributed by atoms with Crippen molar-refractivity contribution in [1.82, 2.24) is 4.57 Å². The third kappa shape index (κ3) is 1.37. The standard InChI is InChI=1S/C15H20N2/c1-15(2)11(9-16)14(15)13-8-10-6-4-5-7-12(10)17(13)3/h4-8,11,14H,9,16H2,1-3H3/t11-,14+/m1/s1. The summed E-state index contributed by atoms with van der Waals surface area (Å²) in [7, 11) is 2.17. The van der Waals surface area contributed by atoms with Crippen molar-refractivity contribution >= 4 is 10.9 Å².